The first-order valence-corrected chi connectivity index (χ1v) is 11.1. The Labute approximate surface area is 169 Å². The number of rotatable bonds is 5. The van der Waals surface area contributed by atoms with Crippen LogP contribution in [0.1, 0.15) is 13.3 Å². The van der Waals surface area contributed by atoms with E-state index in [1.165, 1.54) is 0 Å². The number of urea groups is 1. The SMILES string of the molecule is CCOC(=O)Nc1ccc(-c2ccc(NC(=O)NC3CCS(=O)(=O)C3)cc2)cc1. The van der Waals surface area contributed by atoms with Gasteiger partial charge in [0, 0.05) is 17.4 Å². The Hall–Kier alpha value is -3.07. The number of nitrogens with one attached hydrogen (secondary N) is 3. The summed E-state index contributed by atoms with van der Waals surface area (Å²) >= 11 is 0. The molecule has 9 heteroatoms. The number of benzene rings is 2. The Kier molecular flexibility index (Phi) is 6.38. The Morgan fingerprint density at radius 1 is 0.966 bits per heavy atom. The van der Waals surface area contributed by atoms with Crippen molar-refractivity contribution in [1.82, 2.24) is 5.32 Å². The molecule has 1 unspecified atom stereocenters. The lowest BCUT2D eigenvalue weighted by molar-refractivity contribution is 0.168. The number of anilines is 2. The smallest absolute Gasteiger partial charge is 0.411 e. The van der Waals surface area contributed by atoms with Gasteiger partial charge in [-0.25, -0.2) is 18.0 Å². The van der Waals surface area contributed by atoms with Crippen LogP contribution in [0.25, 0.3) is 11.1 Å². The molecule has 29 heavy (non-hydrogen) atoms. The highest BCUT2D eigenvalue weighted by molar-refractivity contribution is 7.91. The molecular formula is C20H23N3O5S. The molecule has 1 fully saturated rings. The van der Waals surface area contributed by atoms with Crippen molar-refractivity contribution in [1.29, 1.82) is 0 Å². The van der Waals surface area contributed by atoms with E-state index in [-0.39, 0.29) is 17.5 Å². The number of sulfone groups is 1. The van der Waals surface area contributed by atoms with Crippen molar-refractivity contribution in [3.63, 3.8) is 0 Å². The van der Waals surface area contributed by atoms with Gasteiger partial charge in [0.05, 0.1) is 18.1 Å². The fourth-order valence-corrected chi connectivity index (χ4v) is 4.71. The molecule has 0 radical (unpaired) electrons. The van der Waals surface area contributed by atoms with Crippen LogP contribution in [0.2, 0.25) is 0 Å². The van der Waals surface area contributed by atoms with E-state index < -0.39 is 22.0 Å². The van der Waals surface area contributed by atoms with E-state index in [0.717, 1.165) is 11.1 Å². The molecule has 2 aromatic carbocycles. The van der Waals surface area contributed by atoms with Crippen LogP contribution in [0.15, 0.2) is 48.5 Å². The van der Waals surface area contributed by atoms with Crippen molar-refractivity contribution in [2.24, 2.45) is 0 Å². The van der Waals surface area contributed by atoms with E-state index in [0.29, 0.717) is 24.4 Å². The fraction of sp³-hybridized carbons (Fsp3) is 0.300. The van der Waals surface area contributed by atoms with Gasteiger partial charge >= 0.3 is 12.1 Å². The summed E-state index contributed by atoms with van der Waals surface area (Å²) < 4.78 is 27.8. The van der Waals surface area contributed by atoms with Crippen molar-refractivity contribution in [2.75, 3.05) is 28.7 Å². The molecule has 0 aliphatic carbocycles. The number of ether oxygens (including phenoxy) is 1. The van der Waals surface area contributed by atoms with E-state index in [1.807, 2.05) is 24.3 Å². The molecule has 3 N–H and O–H groups in total. The van der Waals surface area contributed by atoms with Gasteiger partial charge in [-0.3, -0.25) is 5.32 Å². The lowest BCUT2D eigenvalue weighted by Crippen LogP contribution is -2.38. The zero-order valence-corrected chi connectivity index (χ0v) is 16.8. The van der Waals surface area contributed by atoms with Crippen LogP contribution < -0.4 is 16.0 Å². The van der Waals surface area contributed by atoms with Crippen molar-refractivity contribution >= 4 is 33.3 Å². The van der Waals surface area contributed by atoms with Gasteiger partial charge in [0.1, 0.15) is 0 Å². The third-order valence-corrected chi connectivity index (χ3v) is 6.22. The maximum Gasteiger partial charge on any atom is 0.411 e. The monoisotopic (exact) mass is 417 g/mol. The highest BCUT2D eigenvalue weighted by atomic mass is 32.2. The molecular weight excluding hydrogens is 394 g/mol. The molecule has 2 aromatic rings. The van der Waals surface area contributed by atoms with Gasteiger partial charge < -0.3 is 15.4 Å². The molecule has 1 aliphatic heterocycles. The zero-order valence-electron chi connectivity index (χ0n) is 16.0. The Morgan fingerprint density at radius 2 is 1.52 bits per heavy atom. The summed E-state index contributed by atoms with van der Waals surface area (Å²) in [6, 6.07) is 13.8. The second-order valence-electron chi connectivity index (χ2n) is 6.70. The largest absolute Gasteiger partial charge is 0.450 e. The fourth-order valence-electron chi connectivity index (χ4n) is 3.04. The molecule has 154 valence electrons. The third-order valence-electron chi connectivity index (χ3n) is 4.45. The summed E-state index contributed by atoms with van der Waals surface area (Å²) in [5.41, 5.74) is 3.14. The van der Waals surface area contributed by atoms with Gasteiger partial charge in [0.2, 0.25) is 0 Å². The summed E-state index contributed by atoms with van der Waals surface area (Å²) in [4.78, 5) is 23.5. The molecule has 3 rings (SSSR count). The van der Waals surface area contributed by atoms with Crippen LogP contribution in [0.5, 0.6) is 0 Å². The quantitative estimate of drug-likeness (QED) is 0.691. The first kappa shape index (κ1) is 20.7. The lowest BCUT2D eigenvalue weighted by atomic mass is 10.1. The van der Waals surface area contributed by atoms with Crippen LogP contribution in [-0.4, -0.2) is 44.7 Å². The van der Waals surface area contributed by atoms with Gasteiger partial charge in [0.25, 0.3) is 0 Å². The van der Waals surface area contributed by atoms with Gasteiger partial charge in [-0.1, -0.05) is 24.3 Å². The van der Waals surface area contributed by atoms with E-state index in [9.17, 15) is 18.0 Å². The maximum atomic E-state index is 12.0. The summed E-state index contributed by atoms with van der Waals surface area (Å²) in [6.45, 7) is 2.05. The molecule has 8 nitrogen and oxygen atoms in total. The molecule has 1 heterocycles. The number of hydrogen-bond acceptors (Lipinski definition) is 5. The molecule has 1 aliphatic rings. The standard InChI is InChI=1S/C20H23N3O5S/c1-2-28-20(25)23-17-9-5-15(6-10-17)14-3-7-16(8-4-14)21-19(24)22-18-11-12-29(26,27)13-18/h3-10,18H,2,11-13H2,1H3,(H,23,25)(H2,21,22,24). The van der Waals surface area contributed by atoms with Crippen LogP contribution in [0, 0.1) is 0 Å². The maximum absolute atomic E-state index is 12.0. The normalized spacial score (nSPS) is 17.3. The van der Waals surface area contributed by atoms with Crippen LogP contribution in [-0.2, 0) is 14.6 Å². The predicted octanol–water partition coefficient (Wildman–Crippen LogP) is 3.23. The van der Waals surface area contributed by atoms with Crippen molar-refractivity contribution in [3.05, 3.63) is 48.5 Å². The molecule has 0 saturated carbocycles. The van der Waals surface area contributed by atoms with Crippen molar-refractivity contribution < 1.29 is 22.7 Å². The summed E-state index contributed by atoms with van der Waals surface area (Å²) in [7, 11) is -3.04. The summed E-state index contributed by atoms with van der Waals surface area (Å²) in [5, 5.41) is 8.03. The third kappa shape index (κ3) is 5.95. The molecule has 1 saturated heterocycles. The Bertz CT molecular complexity index is 972. The number of amides is 3. The minimum absolute atomic E-state index is 0.0135. The minimum Gasteiger partial charge on any atom is -0.450 e. The number of carbonyl (C=O) groups excluding carboxylic acids is 2. The Morgan fingerprint density at radius 3 is 2.00 bits per heavy atom. The van der Waals surface area contributed by atoms with Gasteiger partial charge in [0.15, 0.2) is 9.84 Å². The zero-order chi connectivity index (χ0) is 20.9. The van der Waals surface area contributed by atoms with E-state index in [2.05, 4.69) is 16.0 Å². The van der Waals surface area contributed by atoms with Gasteiger partial charge in [-0.05, 0) is 48.7 Å². The van der Waals surface area contributed by atoms with Gasteiger partial charge in [-0.2, -0.15) is 0 Å². The first-order chi connectivity index (χ1) is 13.8. The number of carbonyl (C=O) groups is 2. The second kappa shape index (κ2) is 8.95. The molecule has 1 atom stereocenters. The summed E-state index contributed by atoms with van der Waals surface area (Å²) in [6.07, 6.45) is -0.0560. The van der Waals surface area contributed by atoms with Crippen molar-refractivity contribution in [2.45, 2.75) is 19.4 Å². The van der Waals surface area contributed by atoms with E-state index in [4.69, 9.17) is 4.74 Å². The van der Waals surface area contributed by atoms with Crippen LogP contribution in [0.3, 0.4) is 0 Å². The first-order valence-electron chi connectivity index (χ1n) is 9.27. The van der Waals surface area contributed by atoms with Crippen LogP contribution >= 0.6 is 0 Å². The minimum atomic E-state index is -3.04. The average Bonchev–Trinajstić information content (AvgIpc) is 3.01. The van der Waals surface area contributed by atoms with Crippen molar-refractivity contribution in [3.8, 4) is 11.1 Å². The predicted molar refractivity (Wildman–Crippen MR) is 112 cm³/mol. The molecule has 3 amide bonds. The molecule has 0 aromatic heterocycles. The van der Waals surface area contributed by atoms with E-state index in [1.54, 1.807) is 31.2 Å². The van der Waals surface area contributed by atoms with E-state index >= 15 is 0 Å². The van der Waals surface area contributed by atoms with Gasteiger partial charge in [-0.15, -0.1) is 0 Å². The molecule has 0 bridgehead atoms. The topological polar surface area (TPSA) is 114 Å². The van der Waals surface area contributed by atoms with Crippen LogP contribution in [0.4, 0.5) is 21.0 Å². The highest BCUT2D eigenvalue weighted by Gasteiger charge is 2.28. The Balaban J connectivity index is 1.55. The second-order valence-corrected chi connectivity index (χ2v) is 8.93. The summed E-state index contributed by atoms with van der Waals surface area (Å²) in [5.74, 6) is 0.0983. The molecule has 0 spiro atoms. The highest BCUT2D eigenvalue weighted by Crippen LogP contribution is 2.23. The average molecular weight is 417 g/mol. The lowest BCUT2D eigenvalue weighted by Gasteiger charge is -2.12. The number of hydrogen-bond donors (Lipinski definition) is 3.